The average Bonchev–Trinajstić information content (AvgIpc) is 2.67. The minimum atomic E-state index is -0.0497. The van der Waals surface area contributed by atoms with E-state index in [2.05, 4.69) is 23.3 Å². The van der Waals surface area contributed by atoms with Crippen LogP contribution in [0.2, 0.25) is 0 Å². The molecule has 0 unspecified atom stereocenters. The van der Waals surface area contributed by atoms with Gasteiger partial charge in [0.25, 0.3) is 5.91 Å². The SMILES string of the molecule is Cc1ccccc1Nc1cc(-c2ccc3c(c2)N(C)C(=O)CO3)ccn1. The number of ether oxygens (including phenoxy) is 1. The monoisotopic (exact) mass is 345 g/mol. The number of pyridine rings is 1. The molecule has 5 heteroatoms. The second-order valence-electron chi connectivity index (χ2n) is 6.29. The first kappa shape index (κ1) is 16.1. The fraction of sp³-hybridized carbons (Fsp3) is 0.143. The zero-order chi connectivity index (χ0) is 18.1. The Labute approximate surface area is 152 Å². The number of carbonyl (C=O) groups excluding carboxylic acids is 1. The van der Waals surface area contributed by atoms with Gasteiger partial charge in [0.1, 0.15) is 11.6 Å². The number of hydrogen-bond donors (Lipinski definition) is 1. The summed E-state index contributed by atoms with van der Waals surface area (Å²) in [5.41, 5.74) is 4.99. The summed E-state index contributed by atoms with van der Waals surface area (Å²) in [6.45, 7) is 2.14. The number of nitrogens with zero attached hydrogens (tertiary/aromatic N) is 2. The molecule has 26 heavy (non-hydrogen) atoms. The molecule has 0 radical (unpaired) electrons. The third-order valence-electron chi connectivity index (χ3n) is 4.55. The van der Waals surface area contributed by atoms with Crippen molar-refractivity contribution in [3.05, 3.63) is 66.4 Å². The normalized spacial score (nSPS) is 13.2. The van der Waals surface area contributed by atoms with Gasteiger partial charge >= 0.3 is 0 Å². The fourth-order valence-electron chi connectivity index (χ4n) is 2.98. The Balaban J connectivity index is 1.67. The number of likely N-dealkylation sites (N-methyl/N-ethyl adjacent to an activating group) is 1. The van der Waals surface area contributed by atoms with Crippen molar-refractivity contribution in [3.63, 3.8) is 0 Å². The van der Waals surface area contributed by atoms with Gasteiger partial charge in [0.15, 0.2) is 6.61 Å². The van der Waals surface area contributed by atoms with Crippen LogP contribution in [-0.2, 0) is 4.79 Å². The van der Waals surface area contributed by atoms with Crippen LogP contribution in [0.5, 0.6) is 5.75 Å². The van der Waals surface area contributed by atoms with Crippen molar-refractivity contribution in [2.24, 2.45) is 0 Å². The molecule has 1 aliphatic rings. The lowest BCUT2D eigenvalue weighted by atomic mass is 10.0. The number of fused-ring (bicyclic) bond motifs is 1. The molecule has 0 bridgehead atoms. The van der Waals surface area contributed by atoms with Gasteiger partial charge in [-0.2, -0.15) is 0 Å². The molecule has 2 heterocycles. The molecule has 0 aliphatic carbocycles. The van der Waals surface area contributed by atoms with Crippen molar-refractivity contribution in [3.8, 4) is 16.9 Å². The quantitative estimate of drug-likeness (QED) is 0.774. The highest BCUT2D eigenvalue weighted by Gasteiger charge is 2.22. The van der Waals surface area contributed by atoms with E-state index in [0.29, 0.717) is 0 Å². The van der Waals surface area contributed by atoms with E-state index in [0.717, 1.165) is 39.6 Å². The number of aryl methyl sites for hydroxylation is 1. The molecule has 1 aliphatic heterocycles. The summed E-state index contributed by atoms with van der Waals surface area (Å²) in [5, 5.41) is 3.36. The molecule has 0 atom stereocenters. The van der Waals surface area contributed by atoms with E-state index >= 15 is 0 Å². The van der Waals surface area contributed by atoms with E-state index in [4.69, 9.17) is 4.74 Å². The third-order valence-corrected chi connectivity index (χ3v) is 4.55. The first-order chi connectivity index (χ1) is 12.6. The number of benzene rings is 2. The summed E-state index contributed by atoms with van der Waals surface area (Å²) in [6, 6.07) is 17.9. The van der Waals surface area contributed by atoms with Gasteiger partial charge in [0.2, 0.25) is 0 Å². The minimum absolute atomic E-state index is 0.0497. The zero-order valence-corrected chi connectivity index (χ0v) is 14.7. The van der Waals surface area contributed by atoms with E-state index in [1.165, 1.54) is 0 Å². The smallest absolute Gasteiger partial charge is 0.264 e. The molecule has 0 saturated carbocycles. The largest absolute Gasteiger partial charge is 0.482 e. The van der Waals surface area contributed by atoms with Gasteiger partial charge in [-0.05, 0) is 53.9 Å². The van der Waals surface area contributed by atoms with Crippen molar-refractivity contribution in [2.45, 2.75) is 6.92 Å². The lowest BCUT2D eigenvalue weighted by Gasteiger charge is -2.26. The number of anilines is 3. The summed E-state index contributed by atoms with van der Waals surface area (Å²) >= 11 is 0. The number of para-hydroxylation sites is 1. The van der Waals surface area contributed by atoms with Crippen molar-refractivity contribution < 1.29 is 9.53 Å². The van der Waals surface area contributed by atoms with Crippen molar-refractivity contribution in [1.82, 2.24) is 4.98 Å². The van der Waals surface area contributed by atoms with E-state index in [9.17, 15) is 4.79 Å². The van der Waals surface area contributed by atoms with Crippen LogP contribution in [0.1, 0.15) is 5.56 Å². The number of amides is 1. The van der Waals surface area contributed by atoms with Crippen LogP contribution in [0.4, 0.5) is 17.2 Å². The Morgan fingerprint density at radius 2 is 1.88 bits per heavy atom. The highest BCUT2D eigenvalue weighted by molar-refractivity contribution is 5.98. The molecule has 0 saturated heterocycles. The first-order valence-electron chi connectivity index (χ1n) is 8.44. The molecular weight excluding hydrogens is 326 g/mol. The Kier molecular flexibility index (Phi) is 4.05. The summed E-state index contributed by atoms with van der Waals surface area (Å²) in [5.74, 6) is 1.45. The Morgan fingerprint density at radius 1 is 1.08 bits per heavy atom. The van der Waals surface area contributed by atoms with E-state index in [1.54, 1.807) is 18.1 Å². The average molecular weight is 345 g/mol. The maximum atomic E-state index is 11.9. The predicted octanol–water partition coefficient (Wildman–Crippen LogP) is 4.16. The van der Waals surface area contributed by atoms with Crippen LogP contribution in [-0.4, -0.2) is 24.5 Å². The lowest BCUT2D eigenvalue weighted by molar-refractivity contribution is -0.120. The summed E-state index contributed by atoms with van der Waals surface area (Å²) in [6.07, 6.45) is 1.78. The second-order valence-corrected chi connectivity index (χ2v) is 6.29. The maximum Gasteiger partial charge on any atom is 0.264 e. The van der Waals surface area contributed by atoms with Crippen LogP contribution in [0.15, 0.2) is 60.8 Å². The van der Waals surface area contributed by atoms with Crippen LogP contribution >= 0.6 is 0 Å². The Hall–Kier alpha value is -3.34. The van der Waals surface area contributed by atoms with Crippen LogP contribution in [0, 0.1) is 6.92 Å². The molecule has 0 fully saturated rings. The number of rotatable bonds is 3. The predicted molar refractivity (Wildman–Crippen MR) is 103 cm³/mol. The molecule has 1 amide bonds. The van der Waals surface area contributed by atoms with Crippen LogP contribution in [0.25, 0.3) is 11.1 Å². The van der Waals surface area contributed by atoms with Crippen molar-refractivity contribution in [2.75, 3.05) is 23.9 Å². The van der Waals surface area contributed by atoms with Crippen LogP contribution < -0.4 is 15.0 Å². The molecule has 0 spiro atoms. The standard InChI is InChI=1S/C21H19N3O2/c1-14-5-3-4-6-17(14)23-20-12-16(9-10-22-20)15-7-8-19-18(11-15)24(2)21(25)13-26-19/h3-12H,13H2,1-2H3,(H,22,23). The topological polar surface area (TPSA) is 54.5 Å². The van der Waals surface area contributed by atoms with Gasteiger partial charge in [-0.1, -0.05) is 24.3 Å². The van der Waals surface area contributed by atoms with Crippen molar-refractivity contribution in [1.29, 1.82) is 0 Å². The molecular formula is C21H19N3O2. The highest BCUT2D eigenvalue weighted by atomic mass is 16.5. The van der Waals surface area contributed by atoms with E-state index in [1.807, 2.05) is 48.5 Å². The van der Waals surface area contributed by atoms with Gasteiger partial charge in [0, 0.05) is 18.9 Å². The van der Waals surface area contributed by atoms with Gasteiger partial charge in [-0.3, -0.25) is 4.79 Å². The van der Waals surface area contributed by atoms with Gasteiger partial charge in [-0.25, -0.2) is 4.98 Å². The molecule has 130 valence electrons. The van der Waals surface area contributed by atoms with Gasteiger partial charge in [-0.15, -0.1) is 0 Å². The van der Waals surface area contributed by atoms with E-state index in [-0.39, 0.29) is 12.5 Å². The minimum Gasteiger partial charge on any atom is -0.482 e. The van der Waals surface area contributed by atoms with E-state index < -0.39 is 0 Å². The van der Waals surface area contributed by atoms with Gasteiger partial charge in [0.05, 0.1) is 5.69 Å². The fourth-order valence-corrected chi connectivity index (χ4v) is 2.98. The molecule has 2 aromatic carbocycles. The molecule has 1 N–H and O–H groups in total. The second kappa shape index (κ2) is 6.52. The summed E-state index contributed by atoms with van der Waals surface area (Å²) < 4.78 is 5.50. The van der Waals surface area contributed by atoms with Crippen LogP contribution in [0.3, 0.4) is 0 Å². The summed E-state index contributed by atoms with van der Waals surface area (Å²) in [4.78, 5) is 17.9. The maximum absolute atomic E-state index is 11.9. The third kappa shape index (κ3) is 2.99. The first-order valence-corrected chi connectivity index (χ1v) is 8.44. The number of carbonyl (C=O) groups is 1. The number of nitrogens with one attached hydrogen (secondary N) is 1. The van der Waals surface area contributed by atoms with Gasteiger partial charge < -0.3 is 15.0 Å². The molecule has 4 rings (SSSR count). The number of aromatic nitrogens is 1. The number of hydrogen-bond acceptors (Lipinski definition) is 4. The lowest BCUT2D eigenvalue weighted by Crippen LogP contribution is -2.35. The molecule has 3 aromatic rings. The Morgan fingerprint density at radius 3 is 2.73 bits per heavy atom. The molecule has 1 aromatic heterocycles. The zero-order valence-electron chi connectivity index (χ0n) is 14.7. The summed E-state index contributed by atoms with van der Waals surface area (Å²) in [7, 11) is 1.77. The highest BCUT2D eigenvalue weighted by Crippen LogP contribution is 2.35. The van der Waals surface area contributed by atoms with Crippen molar-refractivity contribution >= 4 is 23.1 Å². The Bertz CT molecular complexity index is 984. The molecule has 5 nitrogen and oxygen atoms in total.